The average molecular weight is 209 g/mol. The van der Waals surface area contributed by atoms with Gasteiger partial charge in [-0.25, -0.2) is 0 Å². The molecule has 1 aromatic carbocycles. The van der Waals surface area contributed by atoms with Gasteiger partial charge in [0.05, 0.1) is 5.56 Å². The van der Waals surface area contributed by atoms with Gasteiger partial charge in [-0.05, 0) is 23.8 Å². The van der Waals surface area contributed by atoms with Crippen LogP contribution in [0.25, 0.3) is 11.1 Å². The van der Waals surface area contributed by atoms with Crippen molar-refractivity contribution in [3.63, 3.8) is 0 Å². The molecule has 0 bridgehead atoms. The van der Waals surface area contributed by atoms with Gasteiger partial charge < -0.3 is 5.32 Å². The quantitative estimate of drug-likeness (QED) is 0.827. The van der Waals surface area contributed by atoms with Crippen LogP contribution < -0.4 is 5.32 Å². The van der Waals surface area contributed by atoms with Gasteiger partial charge in [-0.3, -0.25) is 4.98 Å². The Bertz CT molecular complexity index is 524. The third kappa shape index (κ3) is 2.01. The van der Waals surface area contributed by atoms with E-state index >= 15 is 0 Å². The fraction of sp³-hybridized carbons (Fsp3) is 0.0769. The molecule has 0 unspecified atom stereocenters. The van der Waals surface area contributed by atoms with Crippen molar-refractivity contribution >= 4 is 5.69 Å². The molecule has 2 aromatic rings. The molecule has 0 saturated heterocycles. The third-order valence-corrected chi connectivity index (χ3v) is 2.37. The topological polar surface area (TPSA) is 48.7 Å². The molecule has 1 heterocycles. The number of pyridine rings is 1. The molecule has 0 fully saturated rings. The van der Waals surface area contributed by atoms with E-state index in [1.807, 2.05) is 37.4 Å². The highest BCUT2D eigenvalue weighted by atomic mass is 14.8. The largest absolute Gasteiger partial charge is 0.388 e. The lowest BCUT2D eigenvalue weighted by atomic mass is 10.1. The van der Waals surface area contributed by atoms with Crippen molar-refractivity contribution in [3.8, 4) is 17.2 Å². The molecule has 0 atom stereocenters. The summed E-state index contributed by atoms with van der Waals surface area (Å²) in [6.45, 7) is 0. The van der Waals surface area contributed by atoms with E-state index in [4.69, 9.17) is 5.26 Å². The summed E-state index contributed by atoms with van der Waals surface area (Å²) in [6.07, 6.45) is 3.32. The fourth-order valence-electron chi connectivity index (χ4n) is 1.49. The second kappa shape index (κ2) is 4.45. The van der Waals surface area contributed by atoms with E-state index in [1.165, 1.54) is 0 Å². The first-order chi connectivity index (χ1) is 7.83. The molecule has 0 radical (unpaired) electrons. The Balaban J connectivity index is 2.39. The van der Waals surface area contributed by atoms with Crippen molar-refractivity contribution in [2.45, 2.75) is 0 Å². The number of anilines is 1. The summed E-state index contributed by atoms with van der Waals surface area (Å²) in [5.74, 6) is 0. The summed E-state index contributed by atoms with van der Waals surface area (Å²) >= 11 is 0. The van der Waals surface area contributed by atoms with Gasteiger partial charge in [0.25, 0.3) is 0 Å². The minimum atomic E-state index is 0.579. The first-order valence-corrected chi connectivity index (χ1v) is 4.97. The van der Waals surface area contributed by atoms with E-state index in [-0.39, 0.29) is 0 Å². The monoisotopic (exact) mass is 209 g/mol. The molecule has 3 heteroatoms. The van der Waals surface area contributed by atoms with Crippen molar-refractivity contribution < 1.29 is 0 Å². The summed E-state index contributed by atoms with van der Waals surface area (Å²) < 4.78 is 0. The van der Waals surface area contributed by atoms with Gasteiger partial charge in [-0.2, -0.15) is 5.26 Å². The summed E-state index contributed by atoms with van der Waals surface area (Å²) in [7, 11) is 1.88. The number of nitriles is 1. The van der Waals surface area contributed by atoms with Crippen LogP contribution in [0, 0.1) is 11.3 Å². The molecular weight excluding hydrogens is 198 g/mol. The maximum absolute atomic E-state index is 8.79. The molecule has 2 rings (SSSR count). The number of hydrogen-bond donors (Lipinski definition) is 1. The highest BCUT2D eigenvalue weighted by Crippen LogP contribution is 2.21. The van der Waals surface area contributed by atoms with Crippen LogP contribution in [-0.4, -0.2) is 12.0 Å². The Kier molecular flexibility index (Phi) is 2.84. The fourth-order valence-corrected chi connectivity index (χ4v) is 1.49. The van der Waals surface area contributed by atoms with Gasteiger partial charge in [0, 0.05) is 30.7 Å². The summed E-state index contributed by atoms with van der Waals surface area (Å²) in [4.78, 5) is 4.04. The number of nitrogens with one attached hydrogen (secondary N) is 1. The highest BCUT2D eigenvalue weighted by molar-refractivity contribution is 5.66. The van der Waals surface area contributed by atoms with E-state index < -0.39 is 0 Å². The van der Waals surface area contributed by atoms with E-state index in [0.717, 1.165) is 16.8 Å². The summed E-state index contributed by atoms with van der Waals surface area (Å²) in [5.41, 5.74) is 3.66. The smallest absolute Gasteiger partial charge is 0.101 e. The average Bonchev–Trinajstić information content (AvgIpc) is 2.39. The third-order valence-electron chi connectivity index (χ3n) is 2.37. The van der Waals surface area contributed by atoms with E-state index in [0.29, 0.717) is 5.56 Å². The van der Waals surface area contributed by atoms with Crippen LogP contribution in [0.1, 0.15) is 5.56 Å². The molecule has 3 nitrogen and oxygen atoms in total. The van der Waals surface area contributed by atoms with E-state index in [1.54, 1.807) is 12.4 Å². The van der Waals surface area contributed by atoms with Crippen LogP contribution >= 0.6 is 0 Å². The lowest BCUT2D eigenvalue weighted by Crippen LogP contribution is -1.87. The number of aromatic nitrogens is 1. The summed E-state index contributed by atoms with van der Waals surface area (Å²) in [6, 6.07) is 11.9. The van der Waals surface area contributed by atoms with Gasteiger partial charge in [-0.1, -0.05) is 12.1 Å². The molecular formula is C13H11N3. The van der Waals surface area contributed by atoms with Gasteiger partial charge >= 0.3 is 0 Å². The second-order valence-corrected chi connectivity index (χ2v) is 3.40. The van der Waals surface area contributed by atoms with Crippen molar-refractivity contribution in [3.05, 3.63) is 48.3 Å². The van der Waals surface area contributed by atoms with Gasteiger partial charge in [0.15, 0.2) is 0 Å². The van der Waals surface area contributed by atoms with E-state index in [9.17, 15) is 0 Å². The van der Waals surface area contributed by atoms with Crippen LogP contribution in [-0.2, 0) is 0 Å². The second-order valence-electron chi connectivity index (χ2n) is 3.40. The van der Waals surface area contributed by atoms with Crippen LogP contribution in [0.15, 0.2) is 42.7 Å². The Morgan fingerprint density at radius 1 is 1.12 bits per heavy atom. The first-order valence-electron chi connectivity index (χ1n) is 4.97. The normalized spacial score (nSPS) is 9.50. The lowest BCUT2D eigenvalue weighted by molar-refractivity contribution is 1.30. The standard InChI is InChI=1S/C13H11N3/c1-15-13-4-2-11(3-5-13)12-6-10(7-14)8-16-9-12/h2-6,8-9,15H,1H3. The predicted molar refractivity (Wildman–Crippen MR) is 63.9 cm³/mol. The first kappa shape index (κ1) is 10.2. The zero-order valence-corrected chi connectivity index (χ0v) is 8.94. The molecule has 1 aromatic heterocycles. The molecule has 0 spiro atoms. The maximum atomic E-state index is 8.79. The van der Waals surface area contributed by atoms with Gasteiger partial charge in [0.2, 0.25) is 0 Å². The van der Waals surface area contributed by atoms with Crippen LogP contribution in [0.2, 0.25) is 0 Å². The Labute approximate surface area is 94.4 Å². The number of rotatable bonds is 2. The minimum absolute atomic E-state index is 0.579. The zero-order valence-electron chi connectivity index (χ0n) is 8.94. The highest BCUT2D eigenvalue weighted by Gasteiger charge is 1.99. The van der Waals surface area contributed by atoms with Crippen molar-refractivity contribution in [2.24, 2.45) is 0 Å². The number of benzene rings is 1. The van der Waals surface area contributed by atoms with Gasteiger partial charge in [-0.15, -0.1) is 0 Å². The molecule has 16 heavy (non-hydrogen) atoms. The van der Waals surface area contributed by atoms with Crippen molar-refractivity contribution in [1.29, 1.82) is 5.26 Å². The number of nitrogens with zero attached hydrogens (tertiary/aromatic N) is 2. The lowest BCUT2D eigenvalue weighted by Gasteiger charge is -2.03. The molecule has 0 aliphatic heterocycles. The summed E-state index contributed by atoms with van der Waals surface area (Å²) in [5, 5.41) is 11.9. The molecule has 0 aliphatic rings. The van der Waals surface area contributed by atoms with Crippen LogP contribution in [0.4, 0.5) is 5.69 Å². The number of hydrogen-bond acceptors (Lipinski definition) is 3. The Morgan fingerprint density at radius 3 is 2.50 bits per heavy atom. The molecule has 0 aliphatic carbocycles. The van der Waals surface area contributed by atoms with Crippen LogP contribution in [0.5, 0.6) is 0 Å². The zero-order chi connectivity index (χ0) is 11.4. The van der Waals surface area contributed by atoms with Crippen molar-refractivity contribution in [1.82, 2.24) is 4.98 Å². The molecule has 1 N–H and O–H groups in total. The van der Waals surface area contributed by atoms with Gasteiger partial charge in [0.1, 0.15) is 6.07 Å². The predicted octanol–water partition coefficient (Wildman–Crippen LogP) is 2.66. The SMILES string of the molecule is CNc1ccc(-c2cncc(C#N)c2)cc1. The molecule has 78 valence electrons. The van der Waals surface area contributed by atoms with Crippen molar-refractivity contribution in [2.75, 3.05) is 12.4 Å². The van der Waals surface area contributed by atoms with Crippen LogP contribution in [0.3, 0.4) is 0 Å². The Hall–Kier alpha value is -2.34. The molecule has 0 amide bonds. The molecule has 0 saturated carbocycles. The minimum Gasteiger partial charge on any atom is -0.388 e. The Morgan fingerprint density at radius 2 is 1.88 bits per heavy atom. The van der Waals surface area contributed by atoms with E-state index in [2.05, 4.69) is 16.4 Å². The maximum Gasteiger partial charge on any atom is 0.101 e.